The van der Waals surface area contributed by atoms with E-state index in [9.17, 15) is 18.4 Å². The van der Waals surface area contributed by atoms with Crippen LogP contribution in [-0.4, -0.2) is 53.9 Å². The minimum Gasteiger partial charge on any atom is -0.487 e. The van der Waals surface area contributed by atoms with Gasteiger partial charge in [0, 0.05) is 31.8 Å². The second kappa shape index (κ2) is 11.0. The molecule has 7 heteroatoms. The fourth-order valence-corrected chi connectivity index (χ4v) is 5.03. The van der Waals surface area contributed by atoms with Crippen LogP contribution in [-0.2, 0) is 0 Å². The van der Waals surface area contributed by atoms with E-state index in [4.69, 9.17) is 4.74 Å². The normalized spacial score (nSPS) is 22.3. The van der Waals surface area contributed by atoms with Crippen molar-refractivity contribution in [1.29, 1.82) is 0 Å². The van der Waals surface area contributed by atoms with E-state index in [0.29, 0.717) is 24.4 Å². The lowest BCUT2D eigenvalue weighted by molar-refractivity contribution is 0.0267. The van der Waals surface area contributed by atoms with Gasteiger partial charge in [-0.1, -0.05) is 31.4 Å². The number of amides is 2. The molecule has 4 rings (SSSR count). The van der Waals surface area contributed by atoms with Gasteiger partial charge >= 0.3 is 0 Å². The number of para-hydroxylation sites is 1. The molecule has 0 unspecified atom stereocenters. The maximum atomic E-state index is 13.9. The summed E-state index contributed by atoms with van der Waals surface area (Å²) in [7, 11) is 1.81. The van der Waals surface area contributed by atoms with Crippen molar-refractivity contribution in [3.63, 3.8) is 0 Å². The molecule has 0 aromatic heterocycles. The van der Waals surface area contributed by atoms with Crippen LogP contribution >= 0.6 is 0 Å². The van der Waals surface area contributed by atoms with Crippen LogP contribution < -0.4 is 4.74 Å². The average Bonchev–Trinajstić information content (AvgIpc) is 2.82. The molecule has 1 saturated carbocycles. The Morgan fingerprint density at radius 3 is 2.35 bits per heavy atom. The number of rotatable bonds is 1. The number of fused-ring (bicyclic) bond motifs is 2. The van der Waals surface area contributed by atoms with E-state index < -0.39 is 11.6 Å². The Kier molecular flexibility index (Phi) is 7.80. The van der Waals surface area contributed by atoms with Crippen molar-refractivity contribution < 1.29 is 23.1 Å². The van der Waals surface area contributed by atoms with Crippen molar-refractivity contribution in [2.45, 2.75) is 63.5 Å². The number of ether oxygens (including phenoxy) is 1. The number of halogens is 2. The van der Waals surface area contributed by atoms with Crippen LogP contribution in [0.2, 0.25) is 0 Å². The first-order valence-electron chi connectivity index (χ1n) is 12.2. The predicted molar refractivity (Wildman–Crippen MR) is 126 cm³/mol. The zero-order chi connectivity index (χ0) is 24.1. The molecule has 0 N–H and O–H groups in total. The zero-order valence-corrected chi connectivity index (χ0v) is 19.6. The lowest BCUT2D eigenvalue weighted by Crippen LogP contribution is -2.51. The van der Waals surface area contributed by atoms with Crippen molar-refractivity contribution in [2.75, 3.05) is 20.1 Å². The standard InChI is InChI=1S/C27H32F2N2O3/c1-30-14-8-2-3-9-15-31(26(32)19-16-20(28)18-21(29)17-19)23-11-5-7-13-25(23)34-24-12-6-4-10-22(24)27(30)33/h4,6,10,12,16-18,23,25H,2-3,5,7-9,11,13-15H2,1H3/t23-,25+/m1/s1. The molecule has 1 aliphatic heterocycles. The van der Waals surface area contributed by atoms with Crippen molar-refractivity contribution >= 4 is 11.8 Å². The molecule has 0 radical (unpaired) electrons. The molecule has 1 fully saturated rings. The molecule has 0 spiro atoms. The van der Waals surface area contributed by atoms with Crippen molar-refractivity contribution in [2.24, 2.45) is 0 Å². The molecule has 1 aliphatic carbocycles. The summed E-state index contributed by atoms with van der Waals surface area (Å²) in [6.45, 7) is 1.14. The summed E-state index contributed by atoms with van der Waals surface area (Å²) in [4.78, 5) is 30.1. The van der Waals surface area contributed by atoms with Gasteiger partial charge in [0.05, 0.1) is 11.6 Å². The summed E-state index contributed by atoms with van der Waals surface area (Å²) in [6.07, 6.45) is 6.54. The Labute approximate surface area is 199 Å². The van der Waals surface area contributed by atoms with E-state index in [-0.39, 0.29) is 29.5 Å². The number of benzene rings is 2. The molecule has 5 nitrogen and oxygen atoms in total. The minimum absolute atomic E-state index is 0.0140. The van der Waals surface area contributed by atoms with Gasteiger partial charge in [0.25, 0.3) is 11.8 Å². The monoisotopic (exact) mass is 470 g/mol. The summed E-state index contributed by atoms with van der Waals surface area (Å²) >= 11 is 0. The molecule has 1 heterocycles. The largest absolute Gasteiger partial charge is 0.487 e. The molecule has 2 amide bonds. The zero-order valence-electron chi connectivity index (χ0n) is 19.6. The number of carbonyl (C=O) groups is 2. The Morgan fingerprint density at radius 1 is 0.912 bits per heavy atom. The molecular formula is C27H32F2N2O3. The van der Waals surface area contributed by atoms with Crippen molar-refractivity contribution in [3.8, 4) is 5.75 Å². The van der Waals surface area contributed by atoms with Gasteiger partial charge in [-0.3, -0.25) is 9.59 Å². The predicted octanol–water partition coefficient (Wildman–Crippen LogP) is 5.44. The van der Waals surface area contributed by atoms with E-state index in [1.807, 2.05) is 19.2 Å². The van der Waals surface area contributed by atoms with Gasteiger partial charge in [-0.2, -0.15) is 0 Å². The van der Waals surface area contributed by atoms with Crippen LogP contribution in [0.4, 0.5) is 8.78 Å². The first kappa shape index (κ1) is 24.2. The van der Waals surface area contributed by atoms with Gasteiger partial charge in [0.15, 0.2) is 0 Å². The van der Waals surface area contributed by atoms with E-state index in [0.717, 1.165) is 69.6 Å². The number of carbonyl (C=O) groups excluding carboxylic acids is 2. The fourth-order valence-electron chi connectivity index (χ4n) is 5.03. The summed E-state index contributed by atoms with van der Waals surface area (Å²) in [5.41, 5.74) is 0.525. The first-order valence-corrected chi connectivity index (χ1v) is 12.2. The lowest BCUT2D eigenvalue weighted by atomic mass is 9.90. The van der Waals surface area contributed by atoms with Crippen LogP contribution in [0.1, 0.15) is 72.1 Å². The minimum atomic E-state index is -0.765. The van der Waals surface area contributed by atoms with Crippen LogP contribution in [0.25, 0.3) is 0 Å². The Balaban J connectivity index is 1.69. The third-order valence-corrected chi connectivity index (χ3v) is 6.82. The smallest absolute Gasteiger partial charge is 0.257 e. The van der Waals surface area contributed by atoms with Gasteiger partial charge in [-0.05, 0) is 56.4 Å². The summed E-state index contributed by atoms with van der Waals surface area (Å²) in [5.74, 6) is -1.48. The van der Waals surface area contributed by atoms with Gasteiger partial charge < -0.3 is 14.5 Å². The highest BCUT2D eigenvalue weighted by atomic mass is 19.1. The lowest BCUT2D eigenvalue weighted by Gasteiger charge is -2.40. The SMILES string of the molecule is CN1CCCCCCN(C(=O)c2cc(F)cc(F)c2)[C@@H]2CCCC[C@@H]2Oc2ccccc2C1=O. The second-order valence-electron chi connectivity index (χ2n) is 9.30. The van der Waals surface area contributed by atoms with Crippen LogP contribution in [0.3, 0.4) is 0 Å². The fraction of sp³-hybridized carbons (Fsp3) is 0.481. The second-order valence-corrected chi connectivity index (χ2v) is 9.30. The highest BCUT2D eigenvalue weighted by molar-refractivity contribution is 5.97. The van der Waals surface area contributed by atoms with Crippen LogP contribution in [0.15, 0.2) is 42.5 Å². The number of hydrogen-bond donors (Lipinski definition) is 0. The molecule has 0 bridgehead atoms. The maximum absolute atomic E-state index is 13.9. The quantitative estimate of drug-likeness (QED) is 0.557. The molecular weight excluding hydrogens is 438 g/mol. The first-order chi connectivity index (χ1) is 16.4. The average molecular weight is 471 g/mol. The third kappa shape index (κ3) is 5.57. The Hall–Kier alpha value is -2.96. The summed E-state index contributed by atoms with van der Waals surface area (Å²) in [6, 6.07) is 9.96. The van der Waals surface area contributed by atoms with E-state index in [1.165, 1.54) is 0 Å². The van der Waals surface area contributed by atoms with E-state index in [2.05, 4.69) is 0 Å². The molecule has 2 aliphatic rings. The highest BCUT2D eigenvalue weighted by Crippen LogP contribution is 2.31. The molecule has 0 saturated heterocycles. The molecule has 2 atom stereocenters. The van der Waals surface area contributed by atoms with Crippen LogP contribution in [0.5, 0.6) is 5.75 Å². The van der Waals surface area contributed by atoms with Gasteiger partial charge in [0.1, 0.15) is 23.5 Å². The maximum Gasteiger partial charge on any atom is 0.257 e. The van der Waals surface area contributed by atoms with Crippen molar-refractivity contribution in [3.05, 3.63) is 65.2 Å². The summed E-state index contributed by atoms with van der Waals surface area (Å²) in [5, 5.41) is 0. The van der Waals surface area contributed by atoms with Gasteiger partial charge in [0.2, 0.25) is 0 Å². The highest BCUT2D eigenvalue weighted by Gasteiger charge is 2.35. The molecule has 2 aromatic carbocycles. The van der Waals surface area contributed by atoms with Gasteiger partial charge in [-0.25, -0.2) is 8.78 Å². The summed E-state index contributed by atoms with van der Waals surface area (Å²) < 4.78 is 34.2. The molecule has 182 valence electrons. The van der Waals surface area contributed by atoms with Crippen molar-refractivity contribution in [1.82, 2.24) is 9.80 Å². The number of nitrogens with zero attached hydrogens (tertiary/aromatic N) is 2. The Bertz CT molecular complexity index is 1010. The number of hydrogen-bond acceptors (Lipinski definition) is 3. The third-order valence-electron chi connectivity index (χ3n) is 6.82. The van der Waals surface area contributed by atoms with E-state index >= 15 is 0 Å². The Morgan fingerprint density at radius 2 is 1.59 bits per heavy atom. The van der Waals surface area contributed by atoms with Gasteiger partial charge in [-0.15, -0.1) is 0 Å². The van der Waals surface area contributed by atoms with Crippen LogP contribution in [0, 0.1) is 11.6 Å². The van der Waals surface area contributed by atoms with E-state index in [1.54, 1.807) is 21.9 Å². The molecule has 34 heavy (non-hydrogen) atoms. The topological polar surface area (TPSA) is 49.9 Å². The molecule has 2 aromatic rings.